The smallest absolute Gasteiger partial charge is 0.308 e. The monoisotopic (exact) mass is 383 g/mol. The number of urea groups is 1. The summed E-state index contributed by atoms with van der Waals surface area (Å²) in [6.45, 7) is 0.718. The van der Waals surface area contributed by atoms with E-state index in [0.717, 1.165) is 46.2 Å². The van der Waals surface area contributed by atoms with Crippen LogP contribution in [-0.4, -0.2) is 18.5 Å². The Bertz CT molecular complexity index is 920. The van der Waals surface area contributed by atoms with E-state index in [1.54, 1.807) is 0 Å². The first-order valence-corrected chi connectivity index (χ1v) is 10.1. The highest BCUT2D eigenvalue weighted by Crippen LogP contribution is 2.31. The zero-order valence-electron chi connectivity index (χ0n) is 13.9. The van der Waals surface area contributed by atoms with E-state index >= 15 is 0 Å². The number of carbonyl (C=O) groups excluding carboxylic acids is 2. The maximum atomic E-state index is 12.7. The number of hydrogen-bond donors (Lipinski definition) is 2. The van der Waals surface area contributed by atoms with E-state index in [-0.39, 0.29) is 11.9 Å². The summed E-state index contributed by atoms with van der Waals surface area (Å²) in [6.07, 6.45) is 1.81. The zero-order chi connectivity index (χ0) is 17.9. The zero-order valence-corrected chi connectivity index (χ0v) is 15.5. The molecule has 3 aromatic rings. The summed E-state index contributed by atoms with van der Waals surface area (Å²) in [6, 6.07) is 12.9. The molecule has 4 rings (SSSR count). The van der Waals surface area contributed by atoms with Gasteiger partial charge in [0.05, 0.1) is 9.88 Å². The minimum Gasteiger partial charge on any atom is -0.308 e. The number of hydrogen-bond acceptors (Lipinski definition) is 4. The highest BCUT2D eigenvalue weighted by Gasteiger charge is 2.24. The second-order valence-electron chi connectivity index (χ2n) is 5.94. The summed E-state index contributed by atoms with van der Waals surface area (Å²) in [5.41, 5.74) is 2.73. The Morgan fingerprint density at radius 3 is 2.62 bits per heavy atom. The van der Waals surface area contributed by atoms with Gasteiger partial charge in [0, 0.05) is 17.9 Å². The fourth-order valence-electron chi connectivity index (χ4n) is 3.04. The lowest BCUT2D eigenvalue weighted by Crippen LogP contribution is -2.35. The molecule has 0 aliphatic carbocycles. The van der Waals surface area contributed by atoms with Crippen LogP contribution in [0.25, 0.3) is 0 Å². The van der Waals surface area contributed by atoms with Gasteiger partial charge in [-0.3, -0.25) is 10.1 Å². The Balaban J connectivity index is 1.51. The average molecular weight is 383 g/mol. The van der Waals surface area contributed by atoms with Crippen LogP contribution >= 0.6 is 22.7 Å². The van der Waals surface area contributed by atoms with E-state index in [1.807, 2.05) is 58.1 Å². The number of nitrogens with one attached hydrogen (secondary N) is 2. The molecule has 0 saturated carbocycles. The van der Waals surface area contributed by atoms with Crippen LogP contribution in [0.15, 0.2) is 53.2 Å². The van der Waals surface area contributed by atoms with Crippen molar-refractivity contribution in [3.05, 3.63) is 63.7 Å². The van der Waals surface area contributed by atoms with E-state index in [4.69, 9.17) is 0 Å². The minimum absolute atomic E-state index is 0.0390. The molecule has 0 unspecified atom stereocenters. The first kappa shape index (κ1) is 16.8. The Hall–Kier alpha value is -2.64. The van der Waals surface area contributed by atoms with Gasteiger partial charge in [0.2, 0.25) is 0 Å². The molecule has 0 atom stereocenters. The maximum absolute atomic E-state index is 12.7. The summed E-state index contributed by atoms with van der Waals surface area (Å²) in [5.74, 6) is 0.0390. The Morgan fingerprint density at radius 1 is 1.00 bits per heavy atom. The molecule has 3 amide bonds. The number of benzene rings is 1. The van der Waals surface area contributed by atoms with Crippen LogP contribution in [0.3, 0.4) is 0 Å². The Morgan fingerprint density at radius 2 is 1.85 bits per heavy atom. The van der Waals surface area contributed by atoms with E-state index in [1.165, 1.54) is 22.7 Å². The fourth-order valence-corrected chi connectivity index (χ4v) is 4.33. The lowest BCUT2D eigenvalue weighted by Gasteiger charge is -2.29. The standard InChI is InChI=1S/C19H17N3O2S2/c23-18(16-5-2-10-25-16)22-9-1-4-13-12-14(7-8-15(13)22)20-19(24)21-17-6-3-11-26-17/h2-3,5-8,10-12H,1,4,9H2,(H2,20,21,24). The molecule has 0 saturated heterocycles. The molecule has 3 heterocycles. The van der Waals surface area contributed by atoms with Crippen molar-refractivity contribution in [2.45, 2.75) is 12.8 Å². The molecule has 1 aliphatic rings. The quantitative estimate of drug-likeness (QED) is 0.665. The molecule has 0 fully saturated rings. The van der Waals surface area contributed by atoms with Gasteiger partial charge in [-0.2, -0.15) is 0 Å². The van der Waals surface area contributed by atoms with E-state index in [0.29, 0.717) is 0 Å². The summed E-state index contributed by atoms with van der Waals surface area (Å²) < 4.78 is 0. The van der Waals surface area contributed by atoms with E-state index < -0.39 is 0 Å². The highest BCUT2D eigenvalue weighted by atomic mass is 32.1. The van der Waals surface area contributed by atoms with Crippen molar-refractivity contribution in [3.63, 3.8) is 0 Å². The summed E-state index contributed by atoms with van der Waals surface area (Å²) in [7, 11) is 0. The molecule has 26 heavy (non-hydrogen) atoms. The second kappa shape index (κ2) is 7.31. The lowest BCUT2D eigenvalue weighted by atomic mass is 10.0. The summed E-state index contributed by atoms with van der Waals surface area (Å²) in [4.78, 5) is 27.4. The fraction of sp³-hybridized carbons (Fsp3) is 0.158. The lowest BCUT2D eigenvalue weighted by molar-refractivity contribution is 0.0989. The number of anilines is 3. The largest absolute Gasteiger partial charge is 0.324 e. The number of amides is 3. The van der Waals surface area contributed by atoms with Gasteiger partial charge in [0.1, 0.15) is 0 Å². The minimum atomic E-state index is -0.269. The molecule has 1 aromatic carbocycles. The van der Waals surface area contributed by atoms with Crippen LogP contribution < -0.4 is 15.5 Å². The van der Waals surface area contributed by atoms with Gasteiger partial charge in [0.15, 0.2) is 0 Å². The van der Waals surface area contributed by atoms with Crippen molar-refractivity contribution >= 4 is 51.0 Å². The highest BCUT2D eigenvalue weighted by molar-refractivity contribution is 7.14. The molecular weight excluding hydrogens is 366 g/mol. The first-order chi connectivity index (χ1) is 12.7. The number of rotatable bonds is 3. The van der Waals surface area contributed by atoms with Crippen molar-refractivity contribution in [3.8, 4) is 0 Å². The number of fused-ring (bicyclic) bond motifs is 1. The third kappa shape index (κ3) is 3.49. The number of carbonyl (C=O) groups is 2. The van der Waals surface area contributed by atoms with Crippen molar-refractivity contribution in [2.24, 2.45) is 0 Å². The van der Waals surface area contributed by atoms with E-state index in [2.05, 4.69) is 10.6 Å². The molecule has 0 spiro atoms. The van der Waals surface area contributed by atoms with Crippen LogP contribution in [0.4, 0.5) is 21.2 Å². The number of aryl methyl sites for hydroxylation is 1. The van der Waals surface area contributed by atoms with Crippen LogP contribution in [0.2, 0.25) is 0 Å². The third-order valence-corrected chi connectivity index (χ3v) is 5.83. The van der Waals surface area contributed by atoms with Gasteiger partial charge in [-0.05, 0) is 65.6 Å². The van der Waals surface area contributed by atoms with Gasteiger partial charge < -0.3 is 10.2 Å². The maximum Gasteiger partial charge on any atom is 0.324 e. The molecule has 0 bridgehead atoms. The third-order valence-electron chi connectivity index (χ3n) is 4.19. The molecule has 7 heteroatoms. The molecule has 132 valence electrons. The van der Waals surface area contributed by atoms with Gasteiger partial charge in [0.25, 0.3) is 5.91 Å². The SMILES string of the molecule is O=C(Nc1ccc2c(c1)CCCN2C(=O)c1cccs1)Nc1cccs1. The second-order valence-corrected chi connectivity index (χ2v) is 7.83. The Kier molecular flexibility index (Phi) is 4.73. The van der Waals surface area contributed by atoms with Crippen LogP contribution in [-0.2, 0) is 6.42 Å². The van der Waals surface area contributed by atoms with Crippen LogP contribution in [0.1, 0.15) is 21.7 Å². The first-order valence-electron chi connectivity index (χ1n) is 8.30. The number of nitrogens with zero attached hydrogens (tertiary/aromatic N) is 1. The molecule has 0 radical (unpaired) electrons. The molecule has 5 nitrogen and oxygen atoms in total. The van der Waals surface area contributed by atoms with Crippen molar-refractivity contribution in [2.75, 3.05) is 22.1 Å². The van der Waals surface area contributed by atoms with Gasteiger partial charge >= 0.3 is 6.03 Å². The number of thiophene rings is 2. The summed E-state index contributed by atoms with van der Waals surface area (Å²) >= 11 is 2.93. The summed E-state index contributed by atoms with van der Waals surface area (Å²) in [5, 5.41) is 10.3. The molecule has 2 N–H and O–H groups in total. The van der Waals surface area contributed by atoms with Crippen molar-refractivity contribution in [1.29, 1.82) is 0 Å². The molecular formula is C19H17N3O2S2. The van der Waals surface area contributed by atoms with Gasteiger partial charge in [-0.1, -0.05) is 6.07 Å². The Labute approximate surface area is 159 Å². The van der Waals surface area contributed by atoms with Crippen LogP contribution in [0.5, 0.6) is 0 Å². The topological polar surface area (TPSA) is 61.4 Å². The average Bonchev–Trinajstić information content (AvgIpc) is 3.34. The molecule has 2 aromatic heterocycles. The van der Waals surface area contributed by atoms with Crippen molar-refractivity contribution < 1.29 is 9.59 Å². The predicted molar refractivity (Wildman–Crippen MR) is 108 cm³/mol. The van der Waals surface area contributed by atoms with Gasteiger partial charge in [-0.15, -0.1) is 22.7 Å². The van der Waals surface area contributed by atoms with E-state index in [9.17, 15) is 9.59 Å². The van der Waals surface area contributed by atoms with Gasteiger partial charge in [-0.25, -0.2) is 4.79 Å². The van der Waals surface area contributed by atoms with Crippen molar-refractivity contribution in [1.82, 2.24) is 0 Å². The van der Waals surface area contributed by atoms with Crippen LogP contribution in [0, 0.1) is 0 Å². The normalized spacial score (nSPS) is 13.2. The predicted octanol–water partition coefficient (Wildman–Crippen LogP) is 5.05. The molecule has 1 aliphatic heterocycles.